The second kappa shape index (κ2) is 5.41. The summed E-state index contributed by atoms with van der Waals surface area (Å²) in [6.07, 6.45) is 2.93. The van der Waals surface area contributed by atoms with Crippen molar-refractivity contribution >= 4 is 0 Å². The summed E-state index contributed by atoms with van der Waals surface area (Å²) in [4.78, 5) is 0. The molecule has 2 aromatic rings. The van der Waals surface area contributed by atoms with Crippen molar-refractivity contribution in [1.82, 2.24) is 0 Å². The third kappa shape index (κ3) is 2.38. The molecule has 3 rings (SSSR count). The van der Waals surface area contributed by atoms with Crippen molar-refractivity contribution in [2.75, 3.05) is 0 Å². The lowest BCUT2D eigenvalue weighted by Crippen LogP contribution is -2.29. The Kier molecular flexibility index (Phi) is 3.62. The molecule has 104 valence electrons. The first-order valence-corrected chi connectivity index (χ1v) is 7.58. The molecule has 0 bridgehead atoms. The van der Waals surface area contributed by atoms with E-state index in [1.54, 1.807) is 0 Å². The fraction of sp³-hybridized carbons (Fsp3) is 0.368. The van der Waals surface area contributed by atoms with Gasteiger partial charge in [0.2, 0.25) is 0 Å². The SMILES string of the molecule is CCCC(O)(c1ccccc1)C1CC1c1ccccc1. The molecule has 3 atom stereocenters. The maximum atomic E-state index is 11.3. The molecule has 0 spiro atoms. The molecular formula is C19H22O. The van der Waals surface area contributed by atoms with Crippen LogP contribution in [0.4, 0.5) is 0 Å². The van der Waals surface area contributed by atoms with Gasteiger partial charge in [0, 0.05) is 0 Å². The largest absolute Gasteiger partial charge is 0.385 e. The molecular weight excluding hydrogens is 244 g/mol. The minimum absolute atomic E-state index is 0.354. The van der Waals surface area contributed by atoms with Crippen LogP contribution in [0.15, 0.2) is 60.7 Å². The van der Waals surface area contributed by atoms with Gasteiger partial charge in [0.15, 0.2) is 0 Å². The van der Waals surface area contributed by atoms with Gasteiger partial charge in [-0.1, -0.05) is 74.0 Å². The van der Waals surface area contributed by atoms with E-state index in [1.165, 1.54) is 5.56 Å². The third-order valence-electron chi connectivity index (χ3n) is 4.54. The lowest BCUT2D eigenvalue weighted by molar-refractivity contribution is 0.00137. The summed E-state index contributed by atoms with van der Waals surface area (Å²) in [5.41, 5.74) is 1.77. The summed E-state index contributed by atoms with van der Waals surface area (Å²) in [7, 11) is 0. The van der Waals surface area contributed by atoms with Crippen molar-refractivity contribution in [3.63, 3.8) is 0 Å². The highest BCUT2D eigenvalue weighted by Gasteiger charge is 2.52. The van der Waals surface area contributed by atoms with Gasteiger partial charge < -0.3 is 5.11 Å². The minimum atomic E-state index is -0.670. The third-order valence-corrected chi connectivity index (χ3v) is 4.54. The molecule has 0 saturated heterocycles. The van der Waals surface area contributed by atoms with Crippen LogP contribution in [0.25, 0.3) is 0 Å². The van der Waals surface area contributed by atoms with Crippen molar-refractivity contribution in [2.45, 2.75) is 37.7 Å². The summed E-state index contributed by atoms with van der Waals surface area (Å²) in [6, 6.07) is 20.8. The highest BCUT2D eigenvalue weighted by molar-refractivity contribution is 5.32. The molecule has 1 nitrogen and oxygen atoms in total. The van der Waals surface area contributed by atoms with Gasteiger partial charge in [0.05, 0.1) is 5.60 Å². The van der Waals surface area contributed by atoms with Crippen molar-refractivity contribution in [2.24, 2.45) is 5.92 Å². The quantitative estimate of drug-likeness (QED) is 0.846. The zero-order valence-electron chi connectivity index (χ0n) is 12.0. The van der Waals surface area contributed by atoms with E-state index in [9.17, 15) is 5.11 Å². The van der Waals surface area contributed by atoms with Gasteiger partial charge in [-0.3, -0.25) is 0 Å². The molecule has 0 radical (unpaired) electrons. The Hall–Kier alpha value is -1.60. The summed E-state index contributed by atoms with van der Waals surface area (Å²) in [5, 5.41) is 11.3. The molecule has 1 saturated carbocycles. The Morgan fingerprint density at radius 1 is 1.00 bits per heavy atom. The number of hydrogen-bond donors (Lipinski definition) is 1. The van der Waals surface area contributed by atoms with Crippen LogP contribution in [0.5, 0.6) is 0 Å². The maximum Gasteiger partial charge on any atom is 0.0930 e. The van der Waals surface area contributed by atoms with Gasteiger partial charge >= 0.3 is 0 Å². The second-order valence-electron chi connectivity index (χ2n) is 5.90. The Bertz CT molecular complexity index is 548. The second-order valence-corrected chi connectivity index (χ2v) is 5.90. The van der Waals surface area contributed by atoms with Crippen LogP contribution in [-0.2, 0) is 5.60 Å². The number of rotatable bonds is 5. The summed E-state index contributed by atoms with van der Waals surface area (Å²) >= 11 is 0. The molecule has 1 N–H and O–H groups in total. The van der Waals surface area contributed by atoms with Crippen LogP contribution < -0.4 is 0 Å². The molecule has 20 heavy (non-hydrogen) atoms. The zero-order valence-corrected chi connectivity index (χ0v) is 12.0. The average molecular weight is 266 g/mol. The highest BCUT2D eigenvalue weighted by atomic mass is 16.3. The standard InChI is InChI=1S/C19H22O/c1-2-13-19(20,16-11-7-4-8-12-16)18-14-17(18)15-9-5-3-6-10-15/h3-12,17-18,20H,2,13-14H2,1H3. The van der Waals surface area contributed by atoms with Gasteiger partial charge in [-0.2, -0.15) is 0 Å². The molecule has 1 heteroatoms. The van der Waals surface area contributed by atoms with Crippen LogP contribution >= 0.6 is 0 Å². The number of hydrogen-bond acceptors (Lipinski definition) is 1. The fourth-order valence-corrected chi connectivity index (χ4v) is 3.44. The first kappa shape index (κ1) is 13.4. The Labute approximate surface area is 121 Å². The minimum Gasteiger partial charge on any atom is -0.385 e. The van der Waals surface area contributed by atoms with Crippen LogP contribution in [0, 0.1) is 5.92 Å². The lowest BCUT2D eigenvalue weighted by atomic mass is 9.83. The van der Waals surface area contributed by atoms with Crippen molar-refractivity contribution in [3.8, 4) is 0 Å². The monoisotopic (exact) mass is 266 g/mol. The first-order valence-electron chi connectivity index (χ1n) is 7.58. The number of aliphatic hydroxyl groups is 1. The van der Waals surface area contributed by atoms with Crippen molar-refractivity contribution < 1.29 is 5.11 Å². The van der Waals surface area contributed by atoms with Crippen molar-refractivity contribution in [1.29, 1.82) is 0 Å². The fourth-order valence-electron chi connectivity index (χ4n) is 3.44. The van der Waals surface area contributed by atoms with E-state index in [-0.39, 0.29) is 0 Å². The molecule has 0 heterocycles. The normalized spacial score (nSPS) is 24.1. The molecule has 1 fully saturated rings. The smallest absolute Gasteiger partial charge is 0.0930 e. The number of benzene rings is 2. The molecule has 2 aromatic carbocycles. The molecule has 0 amide bonds. The van der Waals surface area contributed by atoms with Crippen LogP contribution in [0.3, 0.4) is 0 Å². The first-order chi connectivity index (χ1) is 9.75. The van der Waals surface area contributed by atoms with Gasteiger partial charge in [-0.15, -0.1) is 0 Å². The van der Waals surface area contributed by atoms with E-state index in [4.69, 9.17) is 0 Å². The maximum absolute atomic E-state index is 11.3. The molecule has 0 aliphatic heterocycles. The van der Waals surface area contributed by atoms with E-state index in [2.05, 4.69) is 49.4 Å². The molecule has 3 unspecified atom stereocenters. The van der Waals surface area contributed by atoms with Crippen LogP contribution in [0.2, 0.25) is 0 Å². The Morgan fingerprint density at radius 2 is 1.60 bits per heavy atom. The van der Waals surface area contributed by atoms with Crippen molar-refractivity contribution in [3.05, 3.63) is 71.8 Å². The molecule has 1 aliphatic rings. The average Bonchev–Trinajstić information content (AvgIpc) is 3.30. The molecule has 1 aliphatic carbocycles. The van der Waals surface area contributed by atoms with Crippen LogP contribution in [-0.4, -0.2) is 5.11 Å². The predicted octanol–water partition coefficient (Wildman–Crippen LogP) is 4.48. The Morgan fingerprint density at radius 3 is 2.20 bits per heavy atom. The van der Waals surface area contributed by atoms with E-state index in [0.717, 1.165) is 24.8 Å². The summed E-state index contributed by atoms with van der Waals surface area (Å²) in [6.45, 7) is 2.15. The van der Waals surface area contributed by atoms with E-state index >= 15 is 0 Å². The zero-order chi connectivity index (χ0) is 14.0. The topological polar surface area (TPSA) is 20.2 Å². The van der Waals surface area contributed by atoms with E-state index in [0.29, 0.717) is 11.8 Å². The summed E-state index contributed by atoms with van der Waals surface area (Å²) in [5.74, 6) is 0.861. The van der Waals surface area contributed by atoms with Gasteiger partial charge in [-0.05, 0) is 35.8 Å². The van der Waals surface area contributed by atoms with E-state index in [1.807, 2.05) is 18.2 Å². The predicted molar refractivity (Wildman–Crippen MR) is 82.5 cm³/mol. The lowest BCUT2D eigenvalue weighted by Gasteiger charge is -2.29. The summed E-state index contributed by atoms with van der Waals surface area (Å²) < 4.78 is 0. The Balaban J connectivity index is 1.86. The van der Waals surface area contributed by atoms with Gasteiger partial charge in [0.1, 0.15) is 0 Å². The van der Waals surface area contributed by atoms with Crippen LogP contribution in [0.1, 0.15) is 43.2 Å². The van der Waals surface area contributed by atoms with Gasteiger partial charge in [0.25, 0.3) is 0 Å². The highest BCUT2D eigenvalue weighted by Crippen LogP contribution is 2.58. The van der Waals surface area contributed by atoms with Gasteiger partial charge in [-0.25, -0.2) is 0 Å². The van der Waals surface area contributed by atoms with E-state index < -0.39 is 5.60 Å². The molecule has 0 aromatic heterocycles.